The van der Waals surface area contributed by atoms with Crippen LogP contribution in [0.4, 0.5) is 4.79 Å². The van der Waals surface area contributed by atoms with Gasteiger partial charge in [0.05, 0.1) is 13.2 Å². The fraction of sp³-hybridized carbons (Fsp3) is 0.818. The summed E-state index contributed by atoms with van der Waals surface area (Å²) in [6.45, 7) is 11.1. The van der Waals surface area contributed by atoms with Crippen LogP contribution in [0, 0.1) is 0 Å². The molecule has 1 amide bonds. The molecule has 2 atom stereocenters. The Labute approximate surface area is 175 Å². The van der Waals surface area contributed by atoms with E-state index < -0.39 is 5.60 Å². The van der Waals surface area contributed by atoms with Gasteiger partial charge in [-0.2, -0.15) is 0 Å². The van der Waals surface area contributed by atoms with Gasteiger partial charge in [-0.15, -0.1) is 0 Å². The summed E-state index contributed by atoms with van der Waals surface area (Å²) >= 11 is 0. The van der Waals surface area contributed by atoms with Crippen molar-refractivity contribution in [3.05, 3.63) is 11.6 Å². The van der Waals surface area contributed by atoms with E-state index in [2.05, 4.69) is 23.6 Å². The molecule has 0 aliphatic carbocycles. The molecule has 7 heteroatoms. The standard InChI is InChI=1S/C22H38N4O3/c1-5-23-20(24-11-8-16-9-12-28-13-10-16)25-17-14-18-6-7-19(15-17)26(18)21(27)29-22(2,3)4/h9,17-19H,5-8,10-15H2,1-4H3,(H2,23,24,25). The number of hydrogen-bond donors (Lipinski definition) is 2. The van der Waals surface area contributed by atoms with E-state index in [9.17, 15) is 4.79 Å². The molecule has 7 nitrogen and oxygen atoms in total. The van der Waals surface area contributed by atoms with Crippen LogP contribution >= 0.6 is 0 Å². The second kappa shape index (κ2) is 9.83. The number of aliphatic imine (C=N–C) groups is 1. The van der Waals surface area contributed by atoms with Crippen molar-refractivity contribution >= 4 is 12.1 Å². The minimum Gasteiger partial charge on any atom is -0.444 e. The van der Waals surface area contributed by atoms with E-state index in [4.69, 9.17) is 14.5 Å². The molecule has 3 rings (SSSR count). The van der Waals surface area contributed by atoms with Crippen LogP contribution in [0.25, 0.3) is 0 Å². The van der Waals surface area contributed by atoms with E-state index in [0.717, 1.165) is 70.8 Å². The van der Waals surface area contributed by atoms with Gasteiger partial charge < -0.3 is 25.0 Å². The van der Waals surface area contributed by atoms with Crippen LogP contribution in [0.5, 0.6) is 0 Å². The van der Waals surface area contributed by atoms with Gasteiger partial charge in [0.15, 0.2) is 5.96 Å². The molecule has 3 aliphatic heterocycles. The minimum atomic E-state index is -0.448. The number of guanidine groups is 1. The van der Waals surface area contributed by atoms with Gasteiger partial charge in [-0.1, -0.05) is 11.6 Å². The lowest BCUT2D eigenvalue weighted by molar-refractivity contribution is 0.00545. The number of carbonyl (C=O) groups excluding carboxylic acids is 1. The van der Waals surface area contributed by atoms with Crippen molar-refractivity contribution in [2.45, 2.75) is 89.9 Å². The second-order valence-corrected chi connectivity index (χ2v) is 9.28. The SMILES string of the molecule is CCNC(=NCCC1=CCOCC1)NC1CC2CCC(C1)N2C(=O)OC(C)(C)C. The number of fused-ring (bicyclic) bond motifs is 2. The van der Waals surface area contributed by atoms with Crippen molar-refractivity contribution in [3.8, 4) is 0 Å². The van der Waals surface area contributed by atoms with Crippen molar-refractivity contribution in [1.82, 2.24) is 15.5 Å². The third kappa shape index (κ3) is 6.36. The van der Waals surface area contributed by atoms with Crippen molar-refractivity contribution in [3.63, 3.8) is 0 Å². The number of carbonyl (C=O) groups is 1. The normalized spacial score (nSPS) is 27.4. The summed E-state index contributed by atoms with van der Waals surface area (Å²) in [7, 11) is 0. The van der Waals surface area contributed by atoms with Gasteiger partial charge in [0.1, 0.15) is 5.60 Å². The van der Waals surface area contributed by atoms with Crippen molar-refractivity contribution in [2.24, 2.45) is 4.99 Å². The number of nitrogens with one attached hydrogen (secondary N) is 2. The summed E-state index contributed by atoms with van der Waals surface area (Å²) in [6, 6.07) is 0.860. The number of ether oxygens (including phenoxy) is 2. The Hall–Kier alpha value is -1.76. The maximum absolute atomic E-state index is 12.6. The number of rotatable bonds is 5. The maximum Gasteiger partial charge on any atom is 0.410 e. The first kappa shape index (κ1) is 21.9. The Morgan fingerprint density at radius 1 is 1.31 bits per heavy atom. The monoisotopic (exact) mass is 406 g/mol. The van der Waals surface area contributed by atoms with E-state index in [1.807, 2.05) is 25.7 Å². The molecular formula is C22H38N4O3. The number of nitrogens with zero attached hydrogens (tertiary/aromatic N) is 2. The lowest BCUT2D eigenvalue weighted by Gasteiger charge is -2.40. The van der Waals surface area contributed by atoms with Crippen LogP contribution in [0.3, 0.4) is 0 Å². The van der Waals surface area contributed by atoms with Crippen LogP contribution in [0.15, 0.2) is 16.6 Å². The zero-order valence-electron chi connectivity index (χ0n) is 18.5. The highest BCUT2D eigenvalue weighted by Gasteiger charge is 2.45. The van der Waals surface area contributed by atoms with E-state index in [-0.39, 0.29) is 18.2 Å². The lowest BCUT2D eigenvalue weighted by Crippen LogP contribution is -2.55. The third-order valence-corrected chi connectivity index (χ3v) is 5.78. The average Bonchev–Trinajstić information content (AvgIpc) is 2.92. The largest absolute Gasteiger partial charge is 0.444 e. The van der Waals surface area contributed by atoms with Gasteiger partial charge in [-0.3, -0.25) is 4.99 Å². The summed E-state index contributed by atoms with van der Waals surface area (Å²) < 4.78 is 11.0. The predicted molar refractivity (Wildman–Crippen MR) is 115 cm³/mol. The smallest absolute Gasteiger partial charge is 0.410 e. The fourth-order valence-electron chi connectivity index (χ4n) is 4.52. The van der Waals surface area contributed by atoms with Crippen molar-refractivity contribution in [2.75, 3.05) is 26.3 Å². The number of amides is 1. The summed E-state index contributed by atoms with van der Waals surface area (Å²) in [6.07, 6.45) is 8.05. The summed E-state index contributed by atoms with van der Waals surface area (Å²) in [5, 5.41) is 6.99. The van der Waals surface area contributed by atoms with Gasteiger partial charge in [0, 0.05) is 31.2 Å². The van der Waals surface area contributed by atoms with E-state index in [0.29, 0.717) is 6.04 Å². The van der Waals surface area contributed by atoms with Crippen LogP contribution in [0.1, 0.15) is 66.2 Å². The van der Waals surface area contributed by atoms with Gasteiger partial charge in [-0.05, 0) is 66.2 Å². The van der Waals surface area contributed by atoms with Crippen LogP contribution in [0.2, 0.25) is 0 Å². The molecule has 0 spiro atoms. The van der Waals surface area contributed by atoms with Crippen molar-refractivity contribution in [1.29, 1.82) is 0 Å². The fourth-order valence-corrected chi connectivity index (χ4v) is 4.52. The Balaban J connectivity index is 1.53. The molecule has 0 aromatic heterocycles. The molecule has 2 fully saturated rings. The zero-order valence-corrected chi connectivity index (χ0v) is 18.5. The molecule has 2 N–H and O–H groups in total. The molecule has 2 unspecified atom stereocenters. The molecular weight excluding hydrogens is 368 g/mol. The zero-order chi connectivity index (χ0) is 20.9. The quantitative estimate of drug-likeness (QED) is 0.417. The first-order chi connectivity index (χ1) is 13.9. The molecule has 3 aliphatic rings. The highest BCUT2D eigenvalue weighted by molar-refractivity contribution is 5.80. The van der Waals surface area contributed by atoms with Crippen molar-refractivity contribution < 1.29 is 14.3 Å². The number of piperidine rings is 1. The van der Waals surface area contributed by atoms with Gasteiger partial charge in [0.25, 0.3) is 0 Å². The molecule has 0 aromatic carbocycles. The molecule has 0 radical (unpaired) electrons. The summed E-state index contributed by atoms with van der Waals surface area (Å²) in [4.78, 5) is 19.4. The van der Waals surface area contributed by atoms with Crippen LogP contribution in [-0.4, -0.2) is 67.0 Å². The Morgan fingerprint density at radius 2 is 2.03 bits per heavy atom. The topological polar surface area (TPSA) is 75.2 Å². The molecule has 2 saturated heterocycles. The Bertz CT molecular complexity index is 612. The third-order valence-electron chi connectivity index (χ3n) is 5.78. The molecule has 0 aromatic rings. The predicted octanol–water partition coefficient (Wildman–Crippen LogP) is 3.21. The first-order valence-electron chi connectivity index (χ1n) is 11.2. The molecule has 29 heavy (non-hydrogen) atoms. The molecule has 2 bridgehead atoms. The maximum atomic E-state index is 12.6. The van der Waals surface area contributed by atoms with Gasteiger partial charge >= 0.3 is 6.09 Å². The summed E-state index contributed by atoms with van der Waals surface area (Å²) in [5.74, 6) is 0.885. The number of hydrogen-bond acceptors (Lipinski definition) is 4. The van der Waals surface area contributed by atoms with E-state index >= 15 is 0 Å². The average molecular weight is 407 g/mol. The molecule has 3 heterocycles. The molecule has 164 valence electrons. The minimum absolute atomic E-state index is 0.159. The summed E-state index contributed by atoms with van der Waals surface area (Å²) in [5.41, 5.74) is 0.996. The highest BCUT2D eigenvalue weighted by atomic mass is 16.6. The molecule has 0 saturated carbocycles. The van der Waals surface area contributed by atoms with E-state index in [1.54, 1.807) is 0 Å². The van der Waals surface area contributed by atoms with Gasteiger partial charge in [0.2, 0.25) is 0 Å². The van der Waals surface area contributed by atoms with Crippen LogP contribution < -0.4 is 10.6 Å². The lowest BCUT2D eigenvalue weighted by atomic mass is 9.98. The second-order valence-electron chi connectivity index (χ2n) is 9.28. The van der Waals surface area contributed by atoms with E-state index in [1.165, 1.54) is 5.57 Å². The Morgan fingerprint density at radius 3 is 2.62 bits per heavy atom. The Kier molecular flexibility index (Phi) is 7.44. The van der Waals surface area contributed by atoms with Crippen LogP contribution in [-0.2, 0) is 9.47 Å². The first-order valence-corrected chi connectivity index (χ1v) is 11.2. The van der Waals surface area contributed by atoms with Gasteiger partial charge in [-0.25, -0.2) is 4.79 Å². The highest BCUT2D eigenvalue weighted by Crippen LogP contribution is 2.36.